The van der Waals surface area contributed by atoms with E-state index < -0.39 is 11.2 Å². The van der Waals surface area contributed by atoms with Crippen LogP contribution in [0.2, 0.25) is 5.02 Å². The van der Waals surface area contributed by atoms with E-state index in [9.17, 15) is 19.2 Å². The molecular weight excluding hydrogens is 345 g/mol. The summed E-state index contributed by atoms with van der Waals surface area (Å²) < 4.78 is 14.3. The van der Waals surface area contributed by atoms with Crippen LogP contribution in [-0.4, -0.2) is 15.7 Å². The molecule has 0 bridgehead atoms. The average molecular weight is 358 g/mol. The number of fused-ring (bicyclic) bond motifs is 2. The summed E-state index contributed by atoms with van der Waals surface area (Å²) in [4.78, 5) is 25.2. The fourth-order valence-corrected chi connectivity index (χ4v) is 3.60. The van der Waals surface area contributed by atoms with Crippen LogP contribution in [0.4, 0.5) is 4.39 Å². The number of Topliss-reactive ketones (excluding diaryl/α,β-unsaturated/α-hetero) is 1. The average Bonchev–Trinajstić information content (AvgIpc) is 2.59. The van der Waals surface area contributed by atoms with Crippen molar-refractivity contribution < 1.29 is 14.4 Å². The minimum Gasteiger partial charge on any atom is -0.428 e. The van der Waals surface area contributed by atoms with Crippen LogP contribution in [0.1, 0.15) is 34.0 Å². The van der Waals surface area contributed by atoms with Gasteiger partial charge < -0.3 is 5.21 Å². The third kappa shape index (κ3) is 2.51. The quantitative estimate of drug-likeness (QED) is 0.671. The van der Waals surface area contributed by atoms with Crippen molar-refractivity contribution in [2.75, 3.05) is 0 Å². The van der Waals surface area contributed by atoms with Gasteiger partial charge in [0, 0.05) is 11.4 Å². The number of hydrogen-bond acceptors (Lipinski definition) is 3. The van der Waals surface area contributed by atoms with Crippen LogP contribution in [-0.2, 0) is 6.42 Å². The first-order valence-corrected chi connectivity index (χ1v) is 8.18. The largest absolute Gasteiger partial charge is 0.428 e. The first kappa shape index (κ1) is 15.8. The summed E-state index contributed by atoms with van der Waals surface area (Å²) in [6, 6.07) is 10.7. The lowest BCUT2D eigenvalue weighted by Gasteiger charge is -2.25. The predicted molar refractivity (Wildman–Crippen MR) is 92.2 cm³/mol. The second kappa shape index (κ2) is 5.70. The van der Waals surface area contributed by atoms with Crippen LogP contribution in [0.25, 0.3) is 10.9 Å². The number of aromatic nitrogens is 1. The number of halogens is 2. The molecule has 1 aromatic heterocycles. The fraction of sp³-hybridized carbons (Fsp3) is 0.158. The van der Waals surface area contributed by atoms with Gasteiger partial charge >= 0.3 is 0 Å². The van der Waals surface area contributed by atoms with Crippen molar-refractivity contribution in [3.05, 3.63) is 80.3 Å². The zero-order valence-electron chi connectivity index (χ0n) is 13.0. The highest BCUT2D eigenvalue weighted by Gasteiger charge is 2.32. The number of carbonyl (C=O) groups excluding carboxylic acids is 1. The Hall–Kier alpha value is -2.66. The molecule has 1 N–H and O–H groups in total. The van der Waals surface area contributed by atoms with E-state index in [0.29, 0.717) is 11.4 Å². The van der Waals surface area contributed by atoms with Crippen LogP contribution in [0.3, 0.4) is 0 Å². The number of hydrogen-bond donors (Lipinski definition) is 1. The Balaban J connectivity index is 1.90. The van der Waals surface area contributed by atoms with E-state index in [2.05, 4.69) is 0 Å². The molecule has 6 heteroatoms. The van der Waals surface area contributed by atoms with Crippen LogP contribution in [0, 0.1) is 5.82 Å². The second-order valence-corrected chi connectivity index (χ2v) is 6.64. The molecule has 4 rings (SSSR count). The van der Waals surface area contributed by atoms with Gasteiger partial charge in [-0.3, -0.25) is 9.59 Å². The van der Waals surface area contributed by atoms with Gasteiger partial charge in [0.1, 0.15) is 5.82 Å². The van der Waals surface area contributed by atoms with Gasteiger partial charge in [0.2, 0.25) is 5.43 Å². The number of pyridine rings is 1. The highest BCUT2D eigenvalue weighted by molar-refractivity contribution is 6.30. The molecule has 0 amide bonds. The van der Waals surface area contributed by atoms with Gasteiger partial charge in [-0.05, 0) is 48.2 Å². The van der Waals surface area contributed by atoms with Gasteiger partial charge in [0.15, 0.2) is 5.78 Å². The molecule has 0 fully saturated rings. The molecule has 1 unspecified atom stereocenters. The molecule has 1 atom stereocenters. The van der Waals surface area contributed by atoms with E-state index in [1.54, 1.807) is 12.1 Å². The minimum atomic E-state index is -0.591. The maximum Gasteiger partial charge on any atom is 0.200 e. The van der Waals surface area contributed by atoms with Crippen LogP contribution >= 0.6 is 11.6 Å². The number of rotatable bonds is 1. The van der Waals surface area contributed by atoms with Crippen molar-refractivity contribution in [3.8, 4) is 0 Å². The lowest BCUT2D eigenvalue weighted by atomic mass is 9.81. The van der Waals surface area contributed by atoms with Crippen LogP contribution in [0.15, 0.2) is 47.3 Å². The van der Waals surface area contributed by atoms with E-state index in [1.807, 2.05) is 12.1 Å². The van der Waals surface area contributed by atoms with Gasteiger partial charge in [0.25, 0.3) is 0 Å². The predicted octanol–water partition coefficient (Wildman–Crippen LogP) is 3.94. The minimum absolute atomic E-state index is 0.000423. The van der Waals surface area contributed by atoms with Gasteiger partial charge in [-0.1, -0.05) is 23.7 Å². The summed E-state index contributed by atoms with van der Waals surface area (Å²) in [5.41, 5.74) is 0.783. The Morgan fingerprint density at radius 1 is 1.08 bits per heavy atom. The number of benzene rings is 2. The molecule has 2 aromatic carbocycles. The summed E-state index contributed by atoms with van der Waals surface area (Å²) in [6.45, 7) is 0. The van der Waals surface area contributed by atoms with Crippen molar-refractivity contribution in [2.45, 2.75) is 18.8 Å². The summed E-state index contributed by atoms with van der Waals surface area (Å²) in [5.74, 6) is -1.10. The molecule has 1 aliphatic rings. The van der Waals surface area contributed by atoms with Gasteiger partial charge in [-0.2, -0.15) is 4.73 Å². The van der Waals surface area contributed by atoms with E-state index in [4.69, 9.17) is 11.6 Å². The normalized spacial score (nSPS) is 16.9. The van der Waals surface area contributed by atoms with E-state index in [0.717, 1.165) is 16.4 Å². The van der Waals surface area contributed by atoms with Gasteiger partial charge in [-0.15, -0.1) is 0 Å². The smallest absolute Gasteiger partial charge is 0.200 e. The summed E-state index contributed by atoms with van der Waals surface area (Å²) in [7, 11) is 0. The standard InChI is InChI=1S/C19H13ClFNO3/c20-12-3-1-10(2-4-12)11-7-16-18(17(23)8-11)19(24)14-9-13(21)5-6-15(14)22(16)25/h1-6,9,11,25H,7-8H2. The van der Waals surface area contributed by atoms with Crippen molar-refractivity contribution in [1.82, 2.24) is 4.73 Å². The SMILES string of the molecule is O=C1CC(c2ccc(Cl)cc2)Cc2c1c(=O)c1cc(F)ccc1n2O. The highest BCUT2D eigenvalue weighted by atomic mass is 35.5. The van der Waals surface area contributed by atoms with Gasteiger partial charge in [0.05, 0.1) is 22.2 Å². The van der Waals surface area contributed by atoms with Crippen molar-refractivity contribution in [3.63, 3.8) is 0 Å². The molecule has 126 valence electrons. The topological polar surface area (TPSA) is 59.3 Å². The first-order valence-electron chi connectivity index (χ1n) is 7.81. The third-order valence-corrected chi connectivity index (χ3v) is 4.95. The first-order chi connectivity index (χ1) is 12.0. The Morgan fingerprint density at radius 3 is 2.52 bits per heavy atom. The van der Waals surface area contributed by atoms with E-state index in [1.165, 1.54) is 12.1 Å². The lowest BCUT2D eigenvalue weighted by molar-refractivity contribution is 0.0949. The molecule has 0 spiro atoms. The molecule has 4 nitrogen and oxygen atoms in total. The molecule has 1 aliphatic carbocycles. The van der Waals surface area contributed by atoms with Crippen molar-refractivity contribution >= 4 is 28.3 Å². The third-order valence-electron chi connectivity index (χ3n) is 4.69. The summed E-state index contributed by atoms with van der Waals surface area (Å²) >= 11 is 5.90. The van der Waals surface area contributed by atoms with Gasteiger partial charge in [-0.25, -0.2) is 4.39 Å². The Labute approximate surface area is 147 Å². The zero-order chi connectivity index (χ0) is 17.7. The maximum atomic E-state index is 13.5. The van der Waals surface area contributed by atoms with Crippen LogP contribution < -0.4 is 5.43 Å². The summed E-state index contributed by atoms with van der Waals surface area (Å²) in [5, 5.41) is 11.1. The molecular formula is C19H13ClFNO3. The molecule has 1 heterocycles. The second-order valence-electron chi connectivity index (χ2n) is 6.20. The molecule has 0 radical (unpaired) electrons. The fourth-order valence-electron chi connectivity index (χ4n) is 3.47. The van der Waals surface area contributed by atoms with Crippen molar-refractivity contribution in [2.24, 2.45) is 0 Å². The maximum absolute atomic E-state index is 13.5. The van der Waals surface area contributed by atoms with E-state index in [-0.39, 0.29) is 40.3 Å². The molecule has 0 aliphatic heterocycles. The Morgan fingerprint density at radius 2 is 1.80 bits per heavy atom. The number of nitrogens with zero attached hydrogens (tertiary/aromatic N) is 1. The van der Waals surface area contributed by atoms with E-state index >= 15 is 0 Å². The molecule has 3 aromatic rings. The number of ketones is 1. The number of carbonyl (C=O) groups is 1. The van der Waals surface area contributed by atoms with Crippen molar-refractivity contribution in [1.29, 1.82) is 0 Å². The molecule has 0 saturated heterocycles. The molecule has 0 saturated carbocycles. The lowest BCUT2D eigenvalue weighted by Crippen LogP contribution is -2.30. The summed E-state index contributed by atoms with van der Waals surface area (Å²) in [6.07, 6.45) is 0.493. The molecule has 25 heavy (non-hydrogen) atoms. The Bertz CT molecular complexity index is 1070. The van der Waals surface area contributed by atoms with Crippen LogP contribution in [0.5, 0.6) is 0 Å². The Kier molecular flexibility index (Phi) is 3.62. The zero-order valence-corrected chi connectivity index (χ0v) is 13.8. The monoisotopic (exact) mass is 357 g/mol. The highest BCUT2D eigenvalue weighted by Crippen LogP contribution is 2.33.